The first-order valence-electron chi connectivity index (χ1n) is 16.9. The lowest BCUT2D eigenvalue weighted by Crippen LogP contribution is -2.09. The molecule has 0 radical (unpaired) electrons. The second kappa shape index (κ2) is 14.5. The Kier molecular flexibility index (Phi) is 9.35. The van der Waals surface area contributed by atoms with Crippen LogP contribution in [0.1, 0.15) is 22.3 Å². The van der Waals surface area contributed by atoms with E-state index in [1.807, 2.05) is 48.5 Å². The molecule has 4 heteroatoms. The van der Waals surface area contributed by atoms with E-state index < -0.39 is 0 Å². The molecule has 0 fully saturated rings. The van der Waals surface area contributed by atoms with Crippen LogP contribution >= 0.6 is 0 Å². The van der Waals surface area contributed by atoms with Crippen molar-refractivity contribution in [1.82, 2.24) is 0 Å². The van der Waals surface area contributed by atoms with Crippen molar-refractivity contribution in [1.29, 1.82) is 0 Å². The van der Waals surface area contributed by atoms with Crippen molar-refractivity contribution >= 4 is 34.1 Å². The van der Waals surface area contributed by atoms with Crippen LogP contribution in [0.3, 0.4) is 0 Å². The average molecular weight is 653 g/mol. The van der Waals surface area contributed by atoms with Crippen LogP contribution in [0.2, 0.25) is 0 Å². The van der Waals surface area contributed by atoms with E-state index in [9.17, 15) is 0 Å². The minimum absolute atomic E-state index is 0.737. The number of nitrogens with zero attached hydrogens (tertiary/aromatic N) is 2. The lowest BCUT2D eigenvalue weighted by molar-refractivity contribution is 0.469. The van der Waals surface area contributed by atoms with E-state index in [-0.39, 0.29) is 0 Å². The van der Waals surface area contributed by atoms with Crippen molar-refractivity contribution in [3.8, 4) is 23.0 Å². The predicted molar refractivity (Wildman–Crippen MR) is 208 cm³/mol. The van der Waals surface area contributed by atoms with Gasteiger partial charge in [-0.1, -0.05) is 70.8 Å². The van der Waals surface area contributed by atoms with Gasteiger partial charge in [-0.05, 0) is 149 Å². The lowest BCUT2D eigenvalue weighted by atomic mass is 10.1. The van der Waals surface area contributed by atoms with Gasteiger partial charge in [0.15, 0.2) is 0 Å². The summed E-state index contributed by atoms with van der Waals surface area (Å²) in [7, 11) is 0. The molecule has 0 heterocycles. The van der Waals surface area contributed by atoms with Gasteiger partial charge in [-0.2, -0.15) is 0 Å². The summed E-state index contributed by atoms with van der Waals surface area (Å²) < 4.78 is 12.4. The van der Waals surface area contributed by atoms with Crippen molar-refractivity contribution in [3.05, 3.63) is 192 Å². The Balaban J connectivity index is 1.03. The number of anilines is 6. The fourth-order valence-electron chi connectivity index (χ4n) is 5.84. The zero-order chi connectivity index (χ0) is 34.5. The fourth-order valence-corrected chi connectivity index (χ4v) is 5.84. The van der Waals surface area contributed by atoms with Gasteiger partial charge in [0, 0.05) is 34.1 Å². The molecule has 0 bridgehead atoms. The Morgan fingerprint density at radius 2 is 0.400 bits per heavy atom. The van der Waals surface area contributed by atoms with E-state index in [2.05, 4.69) is 159 Å². The highest BCUT2D eigenvalue weighted by atomic mass is 16.5. The zero-order valence-corrected chi connectivity index (χ0v) is 28.9. The van der Waals surface area contributed by atoms with E-state index in [0.717, 1.165) is 57.1 Å². The molecule has 0 saturated heterocycles. The number of aryl methyl sites for hydroxylation is 4. The molecule has 0 aliphatic rings. The van der Waals surface area contributed by atoms with Crippen molar-refractivity contribution in [2.24, 2.45) is 0 Å². The molecule has 4 nitrogen and oxygen atoms in total. The second-order valence-electron chi connectivity index (χ2n) is 12.7. The van der Waals surface area contributed by atoms with Crippen LogP contribution in [0.4, 0.5) is 34.1 Å². The van der Waals surface area contributed by atoms with Gasteiger partial charge in [-0.15, -0.1) is 0 Å². The minimum atomic E-state index is 0.737. The standard InChI is InChI=1S/C46H40N2O2/c1-33-5-13-37(14-6-33)47(38-15-7-34(2)8-16-38)41-21-25-43(26-22-41)49-45-29-31-46(32-30-45)50-44-27-23-42(24-28-44)48(39-17-9-35(3)10-18-39)40-19-11-36(4)12-20-40/h5-32H,1-4H3. The first kappa shape index (κ1) is 32.3. The molecule has 7 rings (SSSR count). The summed E-state index contributed by atoms with van der Waals surface area (Å²) in [6, 6.07) is 58.5. The van der Waals surface area contributed by atoms with Gasteiger partial charge < -0.3 is 19.3 Å². The normalized spacial score (nSPS) is 10.8. The molecule has 0 unspecified atom stereocenters. The van der Waals surface area contributed by atoms with Gasteiger partial charge in [0.2, 0.25) is 0 Å². The zero-order valence-electron chi connectivity index (χ0n) is 28.9. The molecule has 0 amide bonds. The maximum absolute atomic E-state index is 6.22. The molecular formula is C46H40N2O2. The van der Waals surface area contributed by atoms with E-state index >= 15 is 0 Å². The van der Waals surface area contributed by atoms with Gasteiger partial charge >= 0.3 is 0 Å². The number of ether oxygens (including phenoxy) is 2. The summed E-state index contributed by atoms with van der Waals surface area (Å²) in [6.07, 6.45) is 0. The van der Waals surface area contributed by atoms with Crippen molar-refractivity contribution in [2.45, 2.75) is 27.7 Å². The quantitative estimate of drug-likeness (QED) is 0.147. The number of rotatable bonds is 10. The van der Waals surface area contributed by atoms with E-state index in [0.29, 0.717) is 0 Å². The summed E-state index contributed by atoms with van der Waals surface area (Å²) in [4.78, 5) is 4.51. The summed E-state index contributed by atoms with van der Waals surface area (Å²) >= 11 is 0. The topological polar surface area (TPSA) is 24.9 Å². The molecule has 246 valence electrons. The summed E-state index contributed by atoms with van der Waals surface area (Å²) in [5, 5.41) is 0. The highest BCUT2D eigenvalue weighted by Gasteiger charge is 2.14. The maximum Gasteiger partial charge on any atom is 0.127 e. The van der Waals surface area contributed by atoms with Gasteiger partial charge in [-0.3, -0.25) is 0 Å². The lowest BCUT2D eigenvalue weighted by Gasteiger charge is -2.26. The van der Waals surface area contributed by atoms with Crippen LogP contribution in [0.15, 0.2) is 170 Å². The maximum atomic E-state index is 6.22. The number of hydrogen-bond acceptors (Lipinski definition) is 4. The van der Waals surface area contributed by atoms with Gasteiger partial charge in [-0.25, -0.2) is 0 Å². The monoisotopic (exact) mass is 652 g/mol. The number of hydrogen-bond donors (Lipinski definition) is 0. The van der Waals surface area contributed by atoms with Crippen LogP contribution in [-0.2, 0) is 0 Å². The smallest absolute Gasteiger partial charge is 0.127 e. The van der Waals surface area contributed by atoms with Crippen LogP contribution in [-0.4, -0.2) is 0 Å². The third-order valence-corrected chi connectivity index (χ3v) is 8.65. The Bertz CT molecular complexity index is 1890. The molecule has 0 spiro atoms. The van der Waals surface area contributed by atoms with Crippen molar-refractivity contribution in [2.75, 3.05) is 9.80 Å². The predicted octanol–water partition coefficient (Wildman–Crippen LogP) is 13.4. The average Bonchev–Trinajstić information content (AvgIpc) is 3.14. The van der Waals surface area contributed by atoms with Crippen LogP contribution in [0.5, 0.6) is 23.0 Å². The molecule has 0 aliphatic carbocycles. The van der Waals surface area contributed by atoms with Crippen LogP contribution < -0.4 is 19.3 Å². The molecule has 0 N–H and O–H groups in total. The minimum Gasteiger partial charge on any atom is -0.457 e. The third kappa shape index (κ3) is 7.56. The molecule has 50 heavy (non-hydrogen) atoms. The molecule has 0 aromatic heterocycles. The van der Waals surface area contributed by atoms with Gasteiger partial charge in [0.25, 0.3) is 0 Å². The Morgan fingerprint density at radius 1 is 0.240 bits per heavy atom. The molecule has 7 aromatic carbocycles. The molecule has 0 atom stereocenters. The SMILES string of the molecule is Cc1ccc(N(c2ccc(C)cc2)c2ccc(Oc3ccc(Oc4ccc(N(c5ccc(C)cc5)c5ccc(C)cc5)cc4)cc3)cc2)cc1. The first-order valence-corrected chi connectivity index (χ1v) is 16.9. The highest BCUT2D eigenvalue weighted by molar-refractivity contribution is 5.78. The van der Waals surface area contributed by atoms with Crippen LogP contribution in [0.25, 0.3) is 0 Å². The summed E-state index contributed by atoms with van der Waals surface area (Å²) in [5.41, 5.74) is 11.5. The van der Waals surface area contributed by atoms with Gasteiger partial charge in [0.05, 0.1) is 0 Å². The van der Waals surface area contributed by atoms with E-state index in [1.165, 1.54) is 22.3 Å². The van der Waals surface area contributed by atoms with E-state index in [4.69, 9.17) is 9.47 Å². The van der Waals surface area contributed by atoms with Crippen LogP contribution in [0, 0.1) is 27.7 Å². The molecular weight excluding hydrogens is 613 g/mol. The summed E-state index contributed by atoms with van der Waals surface area (Å²) in [5.74, 6) is 3.00. The molecule has 7 aromatic rings. The van der Waals surface area contributed by atoms with Crippen molar-refractivity contribution in [3.63, 3.8) is 0 Å². The second-order valence-corrected chi connectivity index (χ2v) is 12.7. The highest BCUT2D eigenvalue weighted by Crippen LogP contribution is 2.38. The Morgan fingerprint density at radius 3 is 0.600 bits per heavy atom. The largest absolute Gasteiger partial charge is 0.457 e. The summed E-state index contributed by atoms with van der Waals surface area (Å²) in [6.45, 7) is 8.43. The first-order chi connectivity index (χ1) is 24.4. The fraction of sp³-hybridized carbons (Fsp3) is 0.0870. The Labute approximate surface area is 295 Å². The van der Waals surface area contributed by atoms with Crippen molar-refractivity contribution < 1.29 is 9.47 Å². The number of benzene rings is 7. The van der Waals surface area contributed by atoms with Gasteiger partial charge in [0.1, 0.15) is 23.0 Å². The molecule has 0 saturated carbocycles. The Hall–Kier alpha value is -6.26. The molecule has 0 aliphatic heterocycles. The third-order valence-electron chi connectivity index (χ3n) is 8.65. The van der Waals surface area contributed by atoms with E-state index in [1.54, 1.807) is 0 Å².